The Morgan fingerprint density at radius 2 is 2.05 bits per heavy atom. The van der Waals surface area contributed by atoms with Crippen molar-refractivity contribution in [2.24, 2.45) is 7.05 Å². The molecule has 21 heavy (non-hydrogen) atoms. The Morgan fingerprint density at radius 1 is 1.29 bits per heavy atom. The number of imidazole rings is 1. The van der Waals surface area contributed by atoms with E-state index in [0.29, 0.717) is 13.0 Å². The SMILES string of the molecule is Cn1ccnc1CCNc1ccc([N+](=O)[O-])cc1[N+](=O)[O-]. The third-order valence-corrected chi connectivity index (χ3v) is 2.97. The van der Waals surface area contributed by atoms with E-state index in [9.17, 15) is 20.2 Å². The minimum atomic E-state index is -0.662. The van der Waals surface area contributed by atoms with E-state index in [1.165, 1.54) is 12.1 Å². The maximum atomic E-state index is 11.0. The molecule has 0 amide bonds. The molecule has 0 saturated carbocycles. The first-order chi connectivity index (χ1) is 9.99. The number of anilines is 1. The maximum Gasteiger partial charge on any atom is 0.299 e. The lowest BCUT2D eigenvalue weighted by molar-refractivity contribution is -0.393. The van der Waals surface area contributed by atoms with Gasteiger partial charge in [0, 0.05) is 38.5 Å². The molecular formula is C12H13N5O4. The molecule has 110 valence electrons. The topological polar surface area (TPSA) is 116 Å². The van der Waals surface area contributed by atoms with Crippen LogP contribution < -0.4 is 5.32 Å². The number of non-ortho nitro benzene ring substituents is 1. The van der Waals surface area contributed by atoms with Gasteiger partial charge >= 0.3 is 0 Å². The fourth-order valence-corrected chi connectivity index (χ4v) is 1.88. The van der Waals surface area contributed by atoms with Crippen LogP contribution in [-0.2, 0) is 13.5 Å². The van der Waals surface area contributed by atoms with Crippen molar-refractivity contribution >= 4 is 17.1 Å². The number of benzene rings is 1. The van der Waals surface area contributed by atoms with Crippen LogP contribution in [0.3, 0.4) is 0 Å². The molecule has 0 radical (unpaired) electrons. The highest BCUT2D eigenvalue weighted by molar-refractivity contribution is 5.65. The molecule has 0 spiro atoms. The van der Waals surface area contributed by atoms with Gasteiger partial charge in [-0.2, -0.15) is 0 Å². The van der Waals surface area contributed by atoms with E-state index in [2.05, 4.69) is 10.3 Å². The van der Waals surface area contributed by atoms with Crippen LogP contribution in [0.25, 0.3) is 0 Å². The van der Waals surface area contributed by atoms with Crippen LogP contribution in [0.2, 0.25) is 0 Å². The van der Waals surface area contributed by atoms with E-state index < -0.39 is 9.85 Å². The predicted octanol–water partition coefficient (Wildman–Crippen LogP) is 1.89. The van der Waals surface area contributed by atoms with Crippen LogP contribution in [0, 0.1) is 20.2 Å². The van der Waals surface area contributed by atoms with Gasteiger partial charge in [0.05, 0.1) is 15.9 Å². The summed E-state index contributed by atoms with van der Waals surface area (Å²) in [5.41, 5.74) is -0.375. The first kappa shape index (κ1) is 14.4. The van der Waals surface area contributed by atoms with Gasteiger partial charge in [-0.25, -0.2) is 4.98 Å². The van der Waals surface area contributed by atoms with Gasteiger partial charge in [-0.1, -0.05) is 0 Å². The molecule has 1 heterocycles. The zero-order valence-corrected chi connectivity index (χ0v) is 11.2. The van der Waals surface area contributed by atoms with Gasteiger partial charge in [-0.05, 0) is 6.07 Å². The zero-order chi connectivity index (χ0) is 15.4. The molecule has 9 nitrogen and oxygen atoms in total. The summed E-state index contributed by atoms with van der Waals surface area (Å²) < 4.78 is 1.85. The molecule has 0 aliphatic heterocycles. The standard InChI is InChI=1S/C12H13N5O4/c1-15-7-6-14-12(15)4-5-13-10-3-2-9(16(18)19)8-11(10)17(20)21/h2-3,6-8,13H,4-5H2,1H3. The number of nitro benzene ring substituents is 2. The lowest BCUT2D eigenvalue weighted by atomic mass is 10.2. The first-order valence-corrected chi connectivity index (χ1v) is 6.12. The number of aromatic nitrogens is 2. The van der Waals surface area contributed by atoms with Crippen molar-refractivity contribution in [1.29, 1.82) is 0 Å². The molecule has 0 aliphatic rings. The molecule has 0 unspecified atom stereocenters. The van der Waals surface area contributed by atoms with Gasteiger partial charge < -0.3 is 9.88 Å². The quantitative estimate of drug-likeness (QED) is 0.641. The summed E-state index contributed by atoms with van der Waals surface area (Å²) in [5.74, 6) is 0.840. The summed E-state index contributed by atoms with van der Waals surface area (Å²) in [5, 5.41) is 24.5. The Labute approximate surface area is 119 Å². The summed E-state index contributed by atoms with van der Waals surface area (Å²) >= 11 is 0. The second-order valence-electron chi connectivity index (χ2n) is 4.35. The van der Waals surface area contributed by atoms with E-state index in [1.807, 2.05) is 17.8 Å². The lowest BCUT2D eigenvalue weighted by Gasteiger charge is -2.07. The number of hydrogen-bond donors (Lipinski definition) is 1. The van der Waals surface area contributed by atoms with Crippen molar-refractivity contribution in [3.63, 3.8) is 0 Å². The summed E-state index contributed by atoms with van der Waals surface area (Å²) in [7, 11) is 1.86. The fraction of sp³-hybridized carbons (Fsp3) is 0.250. The van der Waals surface area contributed by atoms with Gasteiger partial charge in [0.15, 0.2) is 0 Å². The van der Waals surface area contributed by atoms with Crippen molar-refractivity contribution in [1.82, 2.24) is 9.55 Å². The van der Waals surface area contributed by atoms with Crippen LogP contribution in [0.5, 0.6) is 0 Å². The van der Waals surface area contributed by atoms with Crippen LogP contribution in [0.1, 0.15) is 5.82 Å². The molecule has 0 aliphatic carbocycles. The second-order valence-corrected chi connectivity index (χ2v) is 4.35. The predicted molar refractivity (Wildman–Crippen MR) is 75.2 cm³/mol. The minimum Gasteiger partial charge on any atom is -0.379 e. The first-order valence-electron chi connectivity index (χ1n) is 6.12. The molecule has 0 fully saturated rings. The number of nitrogens with zero attached hydrogens (tertiary/aromatic N) is 4. The van der Waals surface area contributed by atoms with Crippen LogP contribution in [-0.4, -0.2) is 25.9 Å². The lowest BCUT2D eigenvalue weighted by Crippen LogP contribution is -2.10. The largest absolute Gasteiger partial charge is 0.379 e. The van der Waals surface area contributed by atoms with E-state index in [1.54, 1.807) is 6.20 Å². The number of nitrogens with one attached hydrogen (secondary N) is 1. The average Bonchev–Trinajstić information content (AvgIpc) is 2.84. The van der Waals surface area contributed by atoms with Gasteiger partial charge in [0.2, 0.25) is 0 Å². The summed E-state index contributed by atoms with van der Waals surface area (Å²) in [6, 6.07) is 3.52. The van der Waals surface area contributed by atoms with Crippen molar-refractivity contribution < 1.29 is 9.85 Å². The molecule has 0 bridgehead atoms. The van der Waals surface area contributed by atoms with Crippen molar-refractivity contribution in [3.05, 3.63) is 56.6 Å². The van der Waals surface area contributed by atoms with Crippen LogP contribution in [0.15, 0.2) is 30.6 Å². The molecule has 0 atom stereocenters. The number of aryl methyl sites for hydroxylation is 1. The van der Waals surface area contributed by atoms with Gasteiger partial charge in [0.1, 0.15) is 11.5 Å². The molecular weight excluding hydrogens is 278 g/mol. The molecule has 1 aromatic carbocycles. The van der Waals surface area contributed by atoms with Gasteiger partial charge in [-0.15, -0.1) is 0 Å². The van der Waals surface area contributed by atoms with Crippen LogP contribution >= 0.6 is 0 Å². The van der Waals surface area contributed by atoms with Crippen molar-refractivity contribution in [3.8, 4) is 0 Å². The number of hydrogen-bond acceptors (Lipinski definition) is 6. The highest BCUT2D eigenvalue weighted by Gasteiger charge is 2.19. The Morgan fingerprint density at radius 3 is 2.62 bits per heavy atom. The second kappa shape index (κ2) is 5.99. The van der Waals surface area contributed by atoms with E-state index in [0.717, 1.165) is 11.9 Å². The molecule has 1 aromatic heterocycles. The Kier molecular flexibility index (Phi) is 4.12. The summed E-state index contributed by atoms with van der Waals surface area (Å²) in [4.78, 5) is 24.5. The molecule has 9 heteroatoms. The normalized spacial score (nSPS) is 10.3. The van der Waals surface area contributed by atoms with Gasteiger partial charge in [-0.3, -0.25) is 20.2 Å². The highest BCUT2D eigenvalue weighted by atomic mass is 16.6. The zero-order valence-electron chi connectivity index (χ0n) is 11.2. The van der Waals surface area contributed by atoms with E-state index in [4.69, 9.17) is 0 Å². The summed E-state index contributed by atoms with van der Waals surface area (Å²) in [6.45, 7) is 0.434. The maximum absolute atomic E-state index is 11.0. The smallest absolute Gasteiger partial charge is 0.299 e. The number of rotatable bonds is 6. The van der Waals surface area contributed by atoms with Crippen LogP contribution in [0.4, 0.5) is 17.1 Å². The molecule has 2 rings (SSSR count). The van der Waals surface area contributed by atoms with Gasteiger partial charge in [0.25, 0.3) is 11.4 Å². The monoisotopic (exact) mass is 291 g/mol. The molecule has 1 N–H and O–H groups in total. The third kappa shape index (κ3) is 3.32. The van der Waals surface area contributed by atoms with E-state index in [-0.39, 0.29) is 17.1 Å². The molecule has 0 saturated heterocycles. The molecule has 2 aromatic rings. The van der Waals surface area contributed by atoms with Crippen molar-refractivity contribution in [2.45, 2.75) is 6.42 Å². The fourth-order valence-electron chi connectivity index (χ4n) is 1.88. The Hall–Kier alpha value is -2.97. The third-order valence-electron chi connectivity index (χ3n) is 2.97. The Balaban J connectivity index is 2.10. The Bertz CT molecular complexity index is 682. The van der Waals surface area contributed by atoms with E-state index >= 15 is 0 Å². The number of nitro groups is 2. The minimum absolute atomic E-state index is 0.250. The summed E-state index contributed by atoms with van der Waals surface area (Å²) in [6.07, 6.45) is 4.06. The average molecular weight is 291 g/mol. The van der Waals surface area contributed by atoms with Crippen molar-refractivity contribution in [2.75, 3.05) is 11.9 Å². The highest BCUT2D eigenvalue weighted by Crippen LogP contribution is 2.28.